The highest BCUT2D eigenvalue weighted by molar-refractivity contribution is 5.93. The van der Waals surface area contributed by atoms with Gasteiger partial charge in [-0.3, -0.25) is 23.6 Å². The van der Waals surface area contributed by atoms with E-state index in [1.54, 1.807) is 0 Å². The van der Waals surface area contributed by atoms with Crippen LogP contribution >= 0.6 is 0 Å². The van der Waals surface area contributed by atoms with Gasteiger partial charge in [0.05, 0.1) is 12.7 Å². The van der Waals surface area contributed by atoms with Gasteiger partial charge in [0.15, 0.2) is 0 Å². The molecule has 1 aliphatic heterocycles. The zero-order valence-corrected chi connectivity index (χ0v) is 24.7. The van der Waals surface area contributed by atoms with Gasteiger partial charge in [-0.15, -0.1) is 0 Å². The molecule has 0 aliphatic carbocycles. The van der Waals surface area contributed by atoms with Crippen molar-refractivity contribution < 1.29 is 51.7 Å². The molecule has 10 N–H and O–H groups in total. The Morgan fingerprint density at radius 2 is 1.44 bits per heavy atom. The minimum atomic E-state index is -5.08. The van der Waals surface area contributed by atoms with E-state index in [2.05, 4.69) is 10.6 Å². The maximum Gasteiger partial charge on any atom is 0.490 e. The summed E-state index contributed by atoms with van der Waals surface area (Å²) in [5.74, 6) is -5.40. The van der Waals surface area contributed by atoms with E-state index in [-0.39, 0.29) is 51.1 Å². The number of carboxylic acids is 2. The molecule has 1 heterocycles. The molecular formula is C28H42F4N6O7. The Morgan fingerprint density at radius 3 is 1.93 bits per heavy atom. The standard InChI is InChI=1S/C26H41FN6O5.C2HF3O2/c27-13-6-10-20(31-22(34)19(29)17-18-7-2-1-3-8-18)23(35)32-21(9-4-5-14-28)24(36)33-15-11-26(30,12-16-33)25(37)38;3-2(4,5)1(6)7/h1-3,7-8,19-21H,4-6,9-17,28-30H2,(H,31,34)(H,32,35)(H,37,38);(H,6,7). The predicted octanol–water partition coefficient (Wildman–Crippen LogP) is 0.443. The normalized spacial score (nSPS) is 16.3. The smallest absolute Gasteiger partial charge is 0.480 e. The second kappa shape index (κ2) is 18.9. The van der Waals surface area contributed by atoms with Crippen LogP contribution in [0.5, 0.6) is 0 Å². The van der Waals surface area contributed by atoms with Crippen molar-refractivity contribution in [3.63, 3.8) is 0 Å². The van der Waals surface area contributed by atoms with Crippen molar-refractivity contribution in [2.45, 2.75) is 81.2 Å². The number of aliphatic carboxylic acids is 2. The Kier molecular flexibility index (Phi) is 16.4. The van der Waals surface area contributed by atoms with Gasteiger partial charge >= 0.3 is 18.1 Å². The van der Waals surface area contributed by atoms with Crippen molar-refractivity contribution in [3.05, 3.63) is 35.9 Å². The molecule has 0 spiro atoms. The highest BCUT2D eigenvalue weighted by Crippen LogP contribution is 2.21. The first kappa shape index (κ1) is 39.2. The lowest BCUT2D eigenvalue weighted by atomic mass is 9.88. The fourth-order valence-corrected chi connectivity index (χ4v) is 4.37. The summed E-state index contributed by atoms with van der Waals surface area (Å²) in [7, 11) is 0. The third-order valence-corrected chi connectivity index (χ3v) is 7.09. The number of halogens is 4. The fourth-order valence-electron chi connectivity index (χ4n) is 4.37. The van der Waals surface area contributed by atoms with Crippen LogP contribution in [0.25, 0.3) is 0 Å². The summed E-state index contributed by atoms with van der Waals surface area (Å²) in [6.07, 6.45) is -3.05. The molecule has 0 radical (unpaired) electrons. The number of likely N-dealkylation sites (tertiary alicyclic amines) is 1. The van der Waals surface area contributed by atoms with Crippen LogP contribution in [0, 0.1) is 0 Å². The third kappa shape index (κ3) is 13.8. The topological polar surface area (TPSA) is 231 Å². The van der Waals surface area contributed by atoms with Crippen LogP contribution in [0.4, 0.5) is 17.6 Å². The summed E-state index contributed by atoms with van der Waals surface area (Å²) in [5, 5.41) is 21.8. The SMILES string of the molecule is NCCCCC(NC(=O)C(CCCF)NC(=O)C(N)Cc1ccccc1)C(=O)N1CCC(N)(C(=O)O)CC1.O=C(O)C(F)(F)F. The molecule has 1 aromatic rings. The molecule has 254 valence electrons. The number of amides is 3. The molecule has 3 unspecified atom stereocenters. The first-order valence-electron chi connectivity index (χ1n) is 14.3. The number of carbonyl (C=O) groups is 5. The molecule has 1 fully saturated rings. The lowest BCUT2D eigenvalue weighted by Crippen LogP contribution is -2.60. The van der Waals surface area contributed by atoms with Crippen molar-refractivity contribution in [1.82, 2.24) is 15.5 Å². The number of carboxylic acid groups (broad SMARTS) is 2. The van der Waals surface area contributed by atoms with Crippen LogP contribution < -0.4 is 27.8 Å². The summed E-state index contributed by atoms with van der Waals surface area (Å²) in [4.78, 5) is 61.1. The number of carbonyl (C=O) groups excluding carboxylic acids is 3. The molecule has 0 aromatic heterocycles. The van der Waals surface area contributed by atoms with E-state index in [4.69, 9.17) is 27.1 Å². The summed E-state index contributed by atoms with van der Waals surface area (Å²) >= 11 is 0. The second-order valence-electron chi connectivity index (χ2n) is 10.6. The van der Waals surface area contributed by atoms with E-state index < -0.39 is 60.3 Å². The molecule has 1 aromatic carbocycles. The van der Waals surface area contributed by atoms with E-state index >= 15 is 0 Å². The average molecular weight is 651 g/mol. The van der Waals surface area contributed by atoms with Crippen molar-refractivity contribution in [2.75, 3.05) is 26.3 Å². The van der Waals surface area contributed by atoms with Gasteiger partial charge < -0.3 is 42.9 Å². The van der Waals surface area contributed by atoms with Crippen LogP contribution in [-0.4, -0.2) is 101 Å². The first-order valence-corrected chi connectivity index (χ1v) is 14.3. The van der Waals surface area contributed by atoms with Gasteiger partial charge in [-0.05, 0) is 63.5 Å². The van der Waals surface area contributed by atoms with E-state index in [0.29, 0.717) is 25.8 Å². The Morgan fingerprint density at radius 1 is 0.911 bits per heavy atom. The third-order valence-electron chi connectivity index (χ3n) is 7.09. The van der Waals surface area contributed by atoms with E-state index in [1.165, 1.54) is 4.90 Å². The monoisotopic (exact) mass is 650 g/mol. The van der Waals surface area contributed by atoms with Crippen LogP contribution in [0.15, 0.2) is 30.3 Å². The van der Waals surface area contributed by atoms with Gasteiger partial charge in [0.25, 0.3) is 0 Å². The minimum absolute atomic E-state index is 0.0356. The summed E-state index contributed by atoms with van der Waals surface area (Å²) in [6, 6.07) is 6.28. The maximum atomic E-state index is 13.3. The lowest BCUT2D eigenvalue weighted by molar-refractivity contribution is -0.192. The number of nitrogens with one attached hydrogen (secondary N) is 2. The van der Waals surface area contributed by atoms with Crippen molar-refractivity contribution in [3.8, 4) is 0 Å². The van der Waals surface area contributed by atoms with E-state index in [9.17, 15) is 41.8 Å². The first-order chi connectivity index (χ1) is 21.0. The summed E-state index contributed by atoms with van der Waals surface area (Å²) < 4.78 is 44.7. The van der Waals surface area contributed by atoms with Gasteiger partial charge in [0, 0.05) is 13.1 Å². The number of alkyl halides is 4. The number of benzene rings is 1. The second-order valence-corrected chi connectivity index (χ2v) is 10.6. The number of nitrogens with zero attached hydrogens (tertiary/aromatic N) is 1. The molecule has 45 heavy (non-hydrogen) atoms. The minimum Gasteiger partial charge on any atom is -0.480 e. The summed E-state index contributed by atoms with van der Waals surface area (Å²) in [6.45, 7) is 0.0244. The van der Waals surface area contributed by atoms with Crippen molar-refractivity contribution in [1.29, 1.82) is 0 Å². The van der Waals surface area contributed by atoms with Crippen molar-refractivity contribution in [2.24, 2.45) is 17.2 Å². The zero-order chi connectivity index (χ0) is 34.2. The largest absolute Gasteiger partial charge is 0.490 e. The Balaban J connectivity index is 0.00000129. The number of unbranched alkanes of at least 4 members (excludes halogenated alkanes) is 1. The van der Waals surface area contributed by atoms with Crippen LogP contribution in [0.1, 0.15) is 50.5 Å². The molecule has 3 amide bonds. The average Bonchev–Trinajstić information content (AvgIpc) is 2.98. The number of piperidine rings is 1. The molecule has 1 aliphatic rings. The highest BCUT2D eigenvalue weighted by atomic mass is 19.4. The molecular weight excluding hydrogens is 608 g/mol. The summed E-state index contributed by atoms with van der Waals surface area (Å²) in [5.41, 5.74) is 17.0. The maximum absolute atomic E-state index is 13.3. The van der Waals surface area contributed by atoms with Crippen LogP contribution in [0.3, 0.4) is 0 Å². The Bertz CT molecular complexity index is 1120. The molecule has 0 bridgehead atoms. The number of nitrogens with two attached hydrogens (primary N) is 3. The quantitative estimate of drug-likeness (QED) is 0.102. The van der Waals surface area contributed by atoms with Gasteiger partial charge in [-0.25, -0.2) is 4.79 Å². The number of hydrogen-bond acceptors (Lipinski definition) is 8. The molecule has 17 heteroatoms. The van der Waals surface area contributed by atoms with E-state index in [1.807, 2.05) is 30.3 Å². The Hall–Kier alpha value is -3.83. The van der Waals surface area contributed by atoms with E-state index in [0.717, 1.165) is 5.56 Å². The lowest BCUT2D eigenvalue weighted by Gasteiger charge is -2.38. The van der Waals surface area contributed by atoms with Gasteiger partial charge in [-0.2, -0.15) is 13.2 Å². The van der Waals surface area contributed by atoms with Crippen LogP contribution in [0.2, 0.25) is 0 Å². The molecule has 0 saturated carbocycles. The zero-order valence-electron chi connectivity index (χ0n) is 24.7. The van der Waals surface area contributed by atoms with Crippen LogP contribution in [-0.2, 0) is 30.4 Å². The number of hydrogen-bond donors (Lipinski definition) is 7. The highest BCUT2D eigenvalue weighted by Gasteiger charge is 2.40. The molecule has 2 rings (SSSR count). The number of rotatable bonds is 15. The predicted molar refractivity (Wildman–Crippen MR) is 154 cm³/mol. The molecule has 1 saturated heterocycles. The Labute approximate surface area is 257 Å². The van der Waals surface area contributed by atoms with Gasteiger partial charge in [0.1, 0.15) is 17.6 Å². The fraction of sp³-hybridized carbons (Fsp3) is 0.607. The molecule has 13 nitrogen and oxygen atoms in total. The van der Waals surface area contributed by atoms with Gasteiger partial charge in [0.2, 0.25) is 17.7 Å². The van der Waals surface area contributed by atoms with Crippen molar-refractivity contribution >= 4 is 29.7 Å². The molecule has 3 atom stereocenters. The van der Waals surface area contributed by atoms with Gasteiger partial charge in [-0.1, -0.05) is 30.3 Å².